The summed E-state index contributed by atoms with van der Waals surface area (Å²) in [7, 11) is 0. The zero-order valence-corrected chi connectivity index (χ0v) is 36.6. The third kappa shape index (κ3) is 6.92. The first kappa shape index (κ1) is 33.3. The van der Waals surface area contributed by atoms with E-state index in [0.29, 0.717) is 11.3 Å². The average Bonchev–Trinajstić information content (AvgIpc) is 3.89. The molecule has 3 aromatic heterocycles. The van der Waals surface area contributed by atoms with Crippen LogP contribution < -0.4 is 0 Å². The van der Waals surface area contributed by atoms with Crippen LogP contribution in [0.5, 0.6) is 0 Å². The fourth-order valence-electron chi connectivity index (χ4n) is 8.77. The first-order chi connectivity index (χ1) is 31.7. The van der Waals surface area contributed by atoms with Gasteiger partial charge in [-0.05, 0) is 97.7 Å². The molecule has 0 bridgehead atoms. The Labute approximate surface area is 378 Å². The molecule has 0 saturated heterocycles. The average molecular weight is 974 g/mol. The van der Waals surface area contributed by atoms with Gasteiger partial charge in [0, 0.05) is 45.6 Å². The van der Waals surface area contributed by atoms with E-state index in [1.807, 2.05) is 18.2 Å². The second-order valence-corrected chi connectivity index (χ2v) is 15.9. The van der Waals surface area contributed by atoms with E-state index in [1.165, 1.54) is 73.5 Å². The third-order valence-electron chi connectivity index (χ3n) is 11.5. The number of aromatic nitrogens is 3. The molecule has 61 heavy (non-hydrogen) atoms. The largest absolute Gasteiger partial charge is 0.501 e. The van der Waals surface area contributed by atoms with Gasteiger partial charge < -0.3 is 14.0 Å². The van der Waals surface area contributed by atoms with Crippen LogP contribution in [0.3, 0.4) is 0 Å². The molecule has 0 spiro atoms. The van der Waals surface area contributed by atoms with E-state index in [1.54, 1.807) is 12.1 Å². The molecule has 1 radical (unpaired) electrons. The maximum absolute atomic E-state index is 7.28. The van der Waals surface area contributed by atoms with Gasteiger partial charge in [0.1, 0.15) is 5.58 Å². The van der Waals surface area contributed by atoms with Gasteiger partial charge in [-0.2, -0.15) is 0 Å². The molecule has 11 aromatic rings. The topological polar surface area (TPSA) is 43.9 Å². The van der Waals surface area contributed by atoms with Gasteiger partial charge in [-0.1, -0.05) is 136 Å². The molecule has 301 valence electrons. The van der Waals surface area contributed by atoms with Crippen LogP contribution in [0.4, 0.5) is 0 Å². The number of benzene rings is 8. The summed E-state index contributed by atoms with van der Waals surface area (Å²) in [6.45, 7) is 4.94. The normalized spacial score (nSPS) is 13.5. The summed E-state index contributed by atoms with van der Waals surface area (Å²) in [6.07, 6.45) is 1.30. The van der Waals surface area contributed by atoms with Gasteiger partial charge in [0.15, 0.2) is 0 Å². The Balaban J connectivity index is 0.000000226. The molecule has 0 saturated carbocycles. The number of aryl methyl sites for hydroxylation is 2. The minimum absolute atomic E-state index is 0. The minimum atomic E-state index is -2.18. The molecule has 4 nitrogen and oxygen atoms in total. The zero-order valence-electron chi connectivity index (χ0n) is 40.2. The molecule has 0 aliphatic heterocycles. The van der Waals surface area contributed by atoms with Crippen molar-refractivity contribution in [2.75, 3.05) is 0 Å². The summed E-state index contributed by atoms with van der Waals surface area (Å²) < 4.78 is 52.6. The van der Waals surface area contributed by atoms with Crippen LogP contribution in [0.2, 0.25) is 0 Å². The molecule has 0 aliphatic carbocycles. The predicted octanol–water partition coefficient (Wildman–Crippen LogP) is 15.3. The Morgan fingerprint density at radius 1 is 0.639 bits per heavy atom. The minimum Gasteiger partial charge on any atom is -0.501 e. The van der Waals surface area contributed by atoms with Gasteiger partial charge in [0.05, 0.1) is 22.4 Å². The SMILES string of the molecule is CC(C)c1cc2c3ccccc3c3ccccc3c2c(C(C)C)c1-n1c(-c2[c-]ccc3c2oc2ccccc23)nc2ccccc21.[2H]C([2H])([2H])c1c[c-]c(-c2ccc(C([2H])([2H])[2H])cn2)cc1.[Ir]. The zero-order chi connectivity index (χ0) is 46.1. The van der Waals surface area contributed by atoms with Crippen LogP contribution in [0.15, 0.2) is 156 Å². The summed E-state index contributed by atoms with van der Waals surface area (Å²) >= 11 is 0. The molecule has 0 atom stereocenters. The van der Waals surface area contributed by atoms with Crippen molar-refractivity contribution < 1.29 is 32.7 Å². The van der Waals surface area contributed by atoms with Gasteiger partial charge in [-0.3, -0.25) is 4.98 Å². The van der Waals surface area contributed by atoms with Gasteiger partial charge in [0.25, 0.3) is 0 Å². The maximum atomic E-state index is 7.28. The van der Waals surface area contributed by atoms with E-state index in [9.17, 15) is 0 Å². The van der Waals surface area contributed by atoms with Crippen molar-refractivity contribution in [3.63, 3.8) is 0 Å². The van der Waals surface area contributed by atoms with Crippen LogP contribution in [0.1, 0.15) is 70.0 Å². The predicted molar refractivity (Wildman–Crippen MR) is 251 cm³/mol. The molecular weight excluding hydrogens is 923 g/mol. The number of hydrogen-bond donors (Lipinski definition) is 0. The van der Waals surface area contributed by atoms with E-state index in [-0.39, 0.29) is 43.1 Å². The molecule has 0 fully saturated rings. The molecule has 0 N–H and O–H groups in total. The van der Waals surface area contributed by atoms with Gasteiger partial charge in [-0.15, -0.1) is 53.6 Å². The quantitative estimate of drug-likeness (QED) is 0.127. The summed E-state index contributed by atoms with van der Waals surface area (Å²) in [4.78, 5) is 9.42. The second-order valence-electron chi connectivity index (χ2n) is 15.9. The van der Waals surface area contributed by atoms with E-state index in [4.69, 9.17) is 17.6 Å². The smallest absolute Gasteiger partial charge is 0.120 e. The van der Waals surface area contributed by atoms with E-state index in [2.05, 4.69) is 146 Å². The number of fused-ring (bicyclic) bond motifs is 10. The van der Waals surface area contributed by atoms with Crippen molar-refractivity contribution in [1.82, 2.24) is 14.5 Å². The number of para-hydroxylation sites is 3. The number of imidazole rings is 1. The molecule has 11 rings (SSSR count). The summed E-state index contributed by atoms with van der Waals surface area (Å²) in [5, 5.41) is 9.96. The summed E-state index contributed by atoms with van der Waals surface area (Å²) in [5.41, 5.74) is 9.98. The van der Waals surface area contributed by atoms with Crippen molar-refractivity contribution in [3.8, 4) is 28.3 Å². The Bertz CT molecular complexity index is 3570. The standard InChI is InChI=1S/C43H33N2O.C13H12N.Ir/c1-25(2)34-24-35-29-16-6-5-14-27(29)28-15-7-8-18-31(28)40(35)39(26(3)4)41(34)45-37-22-11-10-21-36(37)44-43(45)33-20-13-19-32-30-17-9-12-23-38(30)46-42(32)33;1-10-3-6-12(7-4-10)13-8-5-11(2)9-14-13;/h5-19,21-26H,1-4H3;3-6,8-9H,1-2H3;/q2*-1;/i;1D3,2D3;. The molecule has 0 unspecified atom stereocenters. The van der Waals surface area contributed by atoms with Gasteiger partial charge in [-0.25, -0.2) is 0 Å². The number of nitrogens with zero attached hydrogens (tertiary/aromatic N) is 3. The van der Waals surface area contributed by atoms with Crippen LogP contribution in [0, 0.1) is 25.8 Å². The number of rotatable bonds is 5. The Morgan fingerprint density at radius 2 is 1.31 bits per heavy atom. The molecule has 8 aromatic carbocycles. The summed E-state index contributed by atoms with van der Waals surface area (Å²) in [6, 6.07) is 55.1. The Hall–Kier alpha value is -6.39. The molecule has 5 heteroatoms. The fourth-order valence-corrected chi connectivity index (χ4v) is 8.77. The van der Waals surface area contributed by atoms with Crippen LogP contribution in [-0.2, 0) is 20.1 Å². The van der Waals surface area contributed by atoms with Crippen LogP contribution >= 0.6 is 0 Å². The van der Waals surface area contributed by atoms with Crippen LogP contribution in [-0.4, -0.2) is 14.5 Å². The van der Waals surface area contributed by atoms with Crippen molar-refractivity contribution in [1.29, 1.82) is 0 Å². The molecular formula is C56H45IrN3O-2. The Kier molecular flexibility index (Phi) is 8.87. The molecule has 3 heterocycles. The fraction of sp³-hybridized carbons (Fsp3) is 0.143. The van der Waals surface area contributed by atoms with Gasteiger partial charge in [0.2, 0.25) is 0 Å². The van der Waals surface area contributed by atoms with Crippen LogP contribution in [0.25, 0.3) is 93.6 Å². The molecule has 0 amide bonds. The van der Waals surface area contributed by atoms with Crippen molar-refractivity contribution in [2.45, 2.75) is 53.2 Å². The van der Waals surface area contributed by atoms with Crippen molar-refractivity contribution in [3.05, 3.63) is 186 Å². The van der Waals surface area contributed by atoms with E-state index >= 15 is 0 Å². The first-order valence-corrected chi connectivity index (χ1v) is 20.4. The molecule has 0 aliphatic rings. The monoisotopic (exact) mass is 974 g/mol. The van der Waals surface area contributed by atoms with E-state index < -0.39 is 13.7 Å². The maximum Gasteiger partial charge on any atom is 0.120 e. The van der Waals surface area contributed by atoms with Crippen molar-refractivity contribution >= 4 is 65.3 Å². The number of pyridine rings is 1. The summed E-state index contributed by atoms with van der Waals surface area (Å²) in [5.74, 6) is 1.35. The number of hydrogen-bond acceptors (Lipinski definition) is 3. The third-order valence-corrected chi connectivity index (χ3v) is 11.5. The van der Waals surface area contributed by atoms with Gasteiger partial charge >= 0.3 is 0 Å². The first-order valence-electron chi connectivity index (χ1n) is 23.4. The Morgan fingerprint density at radius 3 is 2.00 bits per heavy atom. The van der Waals surface area contributed by atoms with E-state index in [0.717, 1.165) is 44.4 Å². The van der Waals surface area contributed by atoms with Crippen molar-refractivity contribution in [2.24, 2.45) is 0 Å². The second kappa shape index (κ2) is 16.2. The number of furan rings is 1.